The summed E-state index contributed by atoms with van der Waals surface area (Å²) in [6.07, 6.45) is 0. The van der Waals surface area contributed by atoms with Crippen LogP contribution in [0.3, 0.4) is 0 Å². The van der Waals surface area contributed by atoms with Gasteiger partial charge in [0.05, 0.1) is 5.39 Å². The standard InChI is InChI=1S/C13H16ClN3S2/c1-7-4-10-11(15-13(14)16-12(10)19-7)17-5-8(2)18-9(3)6-17/h4,8-9H,5-6H2,1-3H3. The van der Waals surface area contributed by atoms with Gasteiger partial charge in [-0.1, -0.05) is 13.8 Å². The van der Waals surface area contributed by atoms with E-state index in [0.29, 0.717) is 15.8 Å². The van der Waals surface area contributed by atoms with Crippen molar-refractivity contribution in [3.05, 3.63) is 16.2 Å². The summed E-state index contributed by atoms with van der Waals surface area (Å²) in [5.41, 5.74) is 0. The first-order valence-electron chi connectivity index (χ1n) is 6.37. The van der Waals surface area contributed by atoms with Crippen LogP contribution in [0.1, 0.15) is 18.7 Å². The molecular weight excluding hydrogens is 298 g/mol. The maximum absolute atomic E-state index is 6.08. The molecule has 1 aliphatic rings. The predicted molar refractivity (Wildman–Crippen MR) is 85.9 cm³/mol. The number of anilines is 1. The SMILES string of the molecule is Cc1cc2c(N3CC(C)SC(C)C3)nc(Cl)nc2s1. The third-order valence-corrected chi connectivity index (χ3v) is 5.53. The van der Waals surface area contributed by atoms with Crippen molar-refractivity contribution < 1.29 is 0 Å². The summed E-state index contributed by atoms with van der Waals surface area (Å²) in [6.45, 7) is 8.68. The highest BCUT2D eigenvalue weighted by atomic mass is 35.5. The van der Waals surface area contributed by atoms with E-state index in [1.54, 1.807) is 11.3 Å². The second-order valence-electron chi connectivity index (χ2n) is 5.05. The second-order valence-corrected chi connectivity index (χ2v) is 8.51. The Morgan fingerprint density at radius 3 is 2.63 bits per heavy atom. The van der Waals surface area contributed by atoms with E-state index in [4.69, 9.17) is 11.6 Å². The minimum atomic E-state index is 0.350. The van der Waals surface area contributed by atoms with Gasteiger partial charge in [0.15, 0.2) is 0 Å². The smallest absolute Gasteiger partial charge is 0.225 e. The summed E-state index contributed by atoms with van der Waals surface area (Å²) in [5.74, 6) is 0.998. The quantitative estimate of drug-likeness (QED) is 0.745. The predicted octanol–water partition coefficient (Wildman–Crippen LogP) is 3.98. The minimum Gasteiger partial charge on any atom is -0.354 e. The van der Waals surface area contributed by atoms with Crippen LogP contribution in [0.15, 0.2) is 6.07 Å². The molecule has 2 aromatic heterocycles. The van der Waals surface area contributed by atoms with Crippen LogP contribution in [0.25, 0.3) is 10.2 Å². The molecule has 1 fully saturated rings. The Kier molecular flexibility index (Phi) is 3.62. The molecule has 2 unspecified atom stereocenters. The Balaban J connectivity index is 2.08. The summed E-state index contributed by atoms with van der Waals surface area (Å²) < 4.78 is 0. The summed E-state index contributed by atoms with van der Waals surface area (Å²) in [7, 11) is 0. The van der Waals surface area contributed by atoms with Crippen LogP contribution >= 0.6 is 34.7 Å². The van der Waals surface area contributed by atoms with E-state index in [1.807, 2.05) is 11.8 Å². The lowest BCUT2D eigenvalue weighted by Gasteiger charge is -2.35. The highest BCUT2D eigenvalue weighted by Gasteiger charge is 2.25. The highest BCUT2D eigenvalue weighted by Crippen LogP contribution is 2.35. The van der Waals surface area contributed by atoms with Crippen molar-refractivity contribution in [2.24, 2.45) is 0 Å². The monoisotopic (exact) mass is 313 g/mol. The molecule has 0 amide bonds. The van der Waals surface area contributed by atoms with E-state index in [2.05, 4.69) is 41.7 Å². The van der Waals surface area contributed by atoms with Crippen molar-refractivity contribution >= 4 is 50.7 Å². The molecule has 19 heavy (non-hydrogen) atoms. The van der Waals surface area contributed by atoms with Crippen LogP contribution in [0.5, 0.6) is 0 Å². The first-order chi connectivity index (χ1) is 9.02. The topological polar surface area (TPSA) is 29.0 Å². The zero-order valence-electron chi connectivity index (χ0n) is 11.2. The molecule has 0 aromatic carbocycles. The van der Waals surface area contributed by atoms with E-state index in [-0.39, 0.29) is 0 Å². The molecule has 0 saturated carbocycles. The van der Waals surface area contributed by atoms with Crippen LogP contribution in [-0.2, 0) is 0 Å². The van der Waals surface area contributed by atoms with Crippen molar-refractivity contribution in [2.45, 2.75) is 31.3 Å². The lowest BCUT2D eigenvalue weighted by molar-refractivity contribution is 0.721. The Labute approximate surface area is 126 Å². The second kappa shape index (κ2) is 5.11. The lowest BCUT2D eigenvalue weighted by atomic mass is 10.2. The molecule has 102 valence electrons. The van der Waals surface area contributed by atoms with Gasteiger partial charge in [-0.3, -0.25) is 0 Å². The molecule has 1 aliphatic heterocycles. The Bertz CT molecular complexity index is 603. The van der Waals surface area contributed by atoms with Gasteiger partial charge in [-0.25, -0.2) is 4.98 Å². The Morgan fingerprint density at radius 1 is 1.26 bits per heavy atom. The van der Waals surface area contributed by atoms with Crippen LogP contribution < -0.4 is 4.90 Å². The van der Waals surface area contributed by atoms with Gasteiger partial charge < -0.3 is 4.90 Å². The number of hydrogen-bond acceptors (Lipinski definition) is 5. The maximum atomic E-state index is 6.08. The van der Waals surface area contributed by atoms with E-state index >= 15 is 0 Å². The van der Waals surface area contributed by atoms with Crippen molar-refractivity contribution in [3.63, 3.8) is 0 Å². The van der Waals surface area contributed by atoms with Gasteiger partial charge in [-0.15, -0.1) is 11.3 Å². The van der Waals surface area contributed by atoms with Gasteiger partial charge >= 0.3 is 0 Å². The summed E-state index contributed by atoms with van der Waals surface area (Å²) in [6, 6.07) is 2.17. The molecule has 3 nitrogen and oxygen atoms in total. The fourth-order valence-corrected chi connectivity index (χ4v) is 5.01. The number of fused-ring (bicyclic) bond motifs is 1. The minimum absolute atomic E-state index is 0.350. The number of thioether (sulfide) groups is 1. The summed E-state index contributed by atoms with van der Waals surface area (Å²) >= 11 is 9.80. The average Bonchev–Trinajstić information content (AvgIpc) is 2.66. The molecule has 6 heteroatoms. The highest BCUT2D eigenvalue weighted by molar-refractivity contribution is 8.00. The third kappa shape index (κ3) is 2.69. The fraction of sp³-hybridized carbons (Fsp3) is 0.538. The zero-order chi connectivity index (χ0) is 13.6. The number of aryl methyl sites for hydroxylation is 1. The molecule has 0 bridgehead atoms. The van der Waals surface area contributed by atoms with E-state index in [1.165, 1.54) is 4.88 Å². The van der Waals surface area contributed by atoms with Crippen molar-refractivity contribution in [3.8, 4) is 0 Å². The molecular formula is C13H16ClN3S2. The molecule has 2 atom stereocenters. The van der Waals surface area contributed by atoms with Gasteiger partial charge in [0.1, 0.15) is 10.6 Å². The van der Waals surface area contributed by atoms with E-state index < -0.39 is 0 Å². The maximum Gasteiger partial charge on any atom is 0.225 e. The average molecular weight is 314 g/mol. The molecule has 3 rings (SSSR count). The van der Waals surface area contributed by atoms with E-state index in [0.717, 1.165) is 29.1 Å². The summed E-state index contributed by atoms with van der Waals surface area (Å²) in [5, 5.41) is 2.72. The van der Waals surface area contributed by atoms with Crippen LogP contribution in [-0.4, -0.2) is 33.6 Å². The molecule has 0 spiro atoms. The number of thiophene rings is 1. The van der Waals surface area contributed by atoms with Crippen LogP contribution in [0.2, 0.25) is 5.28 Å². The molecule has 0 radical (unpaired) electrons. The molecule has 1 saturated heterocycles. The summed E-state index contributed by atoms with van der Waals surface area (Å²) in [4.78, 5) is 13.4. The van der Waals surface area contributed by atoms with Gasteiger partial charge in [-0.2, -0.15) is 16.7 Å². The number of aromatic nitrogens is 2. The van der Waals surface area contributed by atoms with Crippen molar-refractivity contribution in [1.29, 1.82) is 0 Å². The largest absolute Gasteiger partial charge is 0.354 e. The third-order valence-electron chi connectivity index (χ3n) is 3.19. The van der Waals surface area contributed by atoms with Crippen LogP contribution in [0.4, 0.5) is 5.82 Å². The first kappa shape index (κ1) is 13.5. The lowest BCUT2D eigenvalue weighted by Crippen LogP contribution is -2.41. The van der Waals surface area contributed by atoms with Crippen LogP contribution in [0, 0.1) is 6.92 Å². The normalized spacial score (nSPS) is 24.1. The van der Waals surface area contributed by atoms with Gasteiger partial charge in [0.25, 0.3) is 0 Å². The number of nitrogens with zero attached hydrogens (tertiary/aromatic N) is 3. The molecule has 3 heterocycles. The Hall–Kier alpha value is -0.520. The van der Waals surface area contributed by atoms with Gasteiger partial charge in [0, 0.05) is 28.5 Å². The van der Waals surface area contributed by atoms with Crippen molar-refractivity contribution in [2.75, 3.05) is 18.0 Å². The first-order valence-corrected chi connectivity index (χ1v) is 8.50. The fourth-order valence-electron chi connectivity index (χ4n) is 2.59. The molecule has 0 aliphatic carbocycles. The van der Waals surface area contributed by atoms with Crippen molar-refractivity contribution in [1.82, 2.24) is 9.97 Å². The van der Waals surface area contributed by atoms with Gasteiger partial charge in [0.2, 0.25) is 5.28 Å². The molecule has 2 aromatic rings. The number of halogens is 1. The molecule has 0 N–H and O–H groups in total. The van der Waals surface area contributed by atoms with Gasteiger partial charge in [-0.05, 0) is 24.6 Å². The van der Waals surface area contributed by atoms with E-state index in [9.17, 15) is 0 Å². The number of hydrogen-bond donors (Lipinski definition) is 0. The Morgan fingerprint density at radius 2 is 1.95 bits per heavy atom. The number of rotatable bonds is 1. The zero-order valence-corrected chi connectivity index (χ0v) is 13.6.